The maximum atomic E-state index is 16.3. The Labute approximate surface area is 258 Å². The van der Waals surface area contributed by atoms with Crippen LogP contribution in [0.25, 0.3) is 33.5 Å². The zero-order chi connectivity index (χ0) is 29.9. The lowest BCUT2D eigenvalue weighted by Gasteiger charge is -2.23. The Morgan fingerprint density at radius 3 is 2.27 bits per heavy atom. The zero-order valence-corrected chi connectivity index (χ0v) is 25.5. The largest absolute Gasteiger partial charge is 0.383 e. The van der Waals surface area contributed by atoms with E-state index >= 15 is 4.39 Å². The quantitative estimate of drug-likeness (QED) is 0.209. The molecule has 0 spiro atoms. The van der Waals surface area contributed by atoms with Crippen molar-refractivity contribution in [3.8, 4) is 22.3 Å². The monoisotopic (exact) mass is 660 g/mol. The highest BCUT2D eigenvalue weighted by Gasteiger charge is 2.28. The Hall–Kier alpha value is -4.41. The third-order valence-corrected chi connectivity index (χ3v) is 9.34. The molecule has 2 atom stereocenters. The lowest BCUT2D eigenvalue weighted by atomic mass is 9.95. The van der Waals surface area contributed by atoms with E-state index in [-0.39, 0.29) is 17.7 Å². The number of piperidine rings is 1. The molecule has 8 heterocycles. The van der Waals surface area contributed by atoms with Crippen molar-refractivity contribution in [3.05, 3.63) is 58.9 Å². The topological polar surface area (TPSA) is 158 Å². The minimum atomic E-state index is -0.464. The maximum absolute atomic E-state index is 16.3. The van der Waals surface area contributed by atoms with E-state index in [0.29, 0.717) is 29.4 Å². The Morgan fingerprint density at radius 2 is 1.55 bits per heavy atom. The number of nitrogens with zero attached hydrogens (tertiary/aromatic N) is 10. The fraction of sp³-hybridized carbons (Fsp3) is 0.357. The molecule has 0 aliphatic carbocycles. The van der Waals surface area contributed by atoms with Crippen molar-refractivity contribution in [1.29, 1.82) is 0 Å². The molecule has 5 N–H and O–H groups in total. The van der Waals surface area contributed by atoms with Gasteiger partial charge in [-0.25, -0.2) is 14.4 Å². The summed E-state index contributed by atoms with van der Waals surface area (Å²) in [4.78, 5) is 11.3. The first kappa shape index (κ1) is 27.2. The molecule has 2 aliphatic heterocycles. The summed E-state index contributed by atoms with van der Waals surface area (Å²) >= 11 is 3.64. The van der Waals surface area contributed by atoms with E-state index in [4.69, 9.17) is 15.7 Å². The summed E-state index contributed by atoms with van der Waals surface area (Å²) in [5, 5.41) is 24.6. The maximum Gasteiger partial charge on any atom is 0.189 e. The lowest BCUT2D eigenvalue weighted by Crippen LogP contribution is -2.30. The number of nitrogens with one attached hydrogen (secondary N) is 3. The molecule has 0 bridgehead atoms. The van der Waals surface area contributed by atoms with Crippen LogP contribution in [0, 0.1) is 5.82 Å². The van der Waals surface area contributed by atoms with Gasteiger partial charge in [0, 0.05) is 60.4 Å². The SMILES string of the molecule is Cn1cc(-c2cnn3c(Nn4cc(-c5cnn6c(N)c(Br)c(C7CCNC7)nc56)cn4)c(F)c(C4CCCNC4)nc23)cn1. The van der Waals surface area contributed by atoms with Crippen molar-refractivity contribution in [2.45, 2.75) is 31.1 Å². The molecule has 44 heavy (non-hydrogen) atoms. The predicted octanol–water partition coefficient (Wildman–Crippen LogP) is 2.94. The van der Waals surface area contributed by atoms with Crippen molar-refractivity contribution in [2.24, 2.45) is 7.05 Å². The normalized spacial score (nSPS) is 19.0. The van der Waals surface area contributed by atoms with Crippen molar-refractivity contribution < 1.29 is 4.39 Å². The van der Waals surface area contributed by atoms with Gasteiger partial charge in [0.05, 0.1) is 46.8 Å². The molecule has 0 saturated carbocycles. The highest BCUT2D eigenvalue weighted by atomic mass is 79.9. The third-order valence-electron chi connectivity index (χ3n) is 8.52. The Kier molecular flexibility index (Phi) is 6.57. The number of halogens is 2. The first-order valence-corrected chi connectivity index (χ1v) is 15.4. The van der Waals surface area contributed by atoms with Crippen LogP contribution in [0.4, 0.5) is 16.0 Å². The van der Waals surface area contributed by atoms with Gasteiger partial charge in [0.15, 0.2) is 22.9 Å². The second kappa shape index (κ2) is 10.6. The van der Waals surface area contributed by atoms with Gasteiger partial charge >= 0.3 is 0 Å². The molecule has 6 aromatic heterocycles. The van der Waals surface area contributed by atoms with E-state index in [9.17, 15) is 0 Å². The lowest BCUT2D eigenvalue weighted by molar-refractivity contribution is 0.436. The molecule has 2 unspecified atom stereocenters. The van der Waals surface area contributed by atoms with E-state index in [1.165, 1.54) is 9.31 Å². The first-order valence-electron chi connectivity index (χ1n) is 14.6. The molecule has 2 fully saturated rings. The van der Waals surface area contributed by atoms with Crippen LogP contribution in [-0.4, -0.2) is 75.0 Å². The van der Waals surface area contributed by atoms with Gasteiger partial charge in [0.1, 0.15) is 5.82 Å². The van der Waals surface area contributed by atoms with Crippen molar-refractivity contribution in [3.63, 3.8) is 0 Å². The Bertz CT molecular complexity index is 2010. The number of aromatic nitrogens is 10. The van der Waals surface area contributed by atoms with Crippen molar-refractivity contribution in [1.82, 2.24) is 59.5 Å². The van der Waals surface area contributed by atoms with Gasteiger partial charge in [-0.2, -0.15) is 34.2 Å². The second-order valence-corrected chi connectivity index (χ2v) is 12.2. The van der Waals surface area contributed by atoms with Gasteiger partial charge < -0.3 is 16.4 Å². The van der Waals surface area contributed by atoms with Crippen LogP contribution < -0.4 is 21.8 Å². The van der Waals surface area contributed by atoms with Crippen LogP contribution in [0.15, 0.2) is 41.7 Å². The highest BCUT2D eigenvalue weighted by Crippen LogP contribution is 2.36. The zero-order valence-electron chi connectivity index (χ0n) is 23.9. The molecular formula is C28H30BrFN14. The smallest absolute Gasteiger partial charge is 0.189 e. The number of aryl methyl sites for hydroxylation is 1. The fourth-order valence-electron chi connectivity index (χ4n) is 6.21. The summed E-state index contributed by atoms with van der Waals surface area (Å²) in [5.41, 5.74) is 15.2. The molecule has 16 heteroatoms. The molecule has 14 nitrogen and oxygen atoms in total. The molecule has 8 rings (SSSR count). The van der Waals surface area contributed by atoms with Gasteiger partial charge in [-0.1, -0.05) is 0 Å². The molecule has 6 aromatic rings. The van der Waals surface area contributed by atoms with Crippen LogP contribution in [0.5, 0.6) is 0 Å². The molecule has 0 aromatic carbocycles. The molecular weight excluding hydrogens is 631 g/mol. The van der Waals surface area contributed by atoms with Crippen LogP contribution in [-0.2, 0) is 7.05 Å². The van der Waals surface area contributed by atoms with Gasteiger partial charge in [0.2, 0.25) is 0 Å². The average Bonchev–Trinajstić information content (AvgIpc) is 3.86. The molecule has 0 radical (unpaired) electrons. The summed E-state index contributed by atoms with van der Waals surface area (Å²) in [6, 6.07) is 0. The summed E-state index contributed by atoms with van der Waals surface area (Å²) in [5.74, 6) is 0.345. The first-order chi connectivity index (χ1) is 21.5. The number of hydrogen-bond donors (Lipinski definition) is 4. The minimum Gasteiger partial charge on any atom is -0.383 e. The minimum absolute atomic E-state index is 0.0713. The standard InChI is InChI=1S/C28H30BrFN14/c1-41-13-17(9-34-41)19-12-37-44-27(19)39-24(15-3-2-5-32-7-15)22(30)28(44)40-42-14-18(10-35-42)20-11-36-43-25(31)21(29)23(38-26(20)43)16-4-6-33-8-16/h9-16,32-33,40H,2-8,31H2,1H3. The number of anilines is 2. The van der Waals surface area contributed by atoms with Gasteiger partial charge in [-0.3, -0.25) is 10.1 Å². The number of nitrogen functional groups attached to an aromatic ring is 1. The van der Waals surface area contributed by atoms with Gasteiger partial charge in [0.25, 0.3) is 0 Å². The van der Waals surface area contributed by atoms with Gasteiger partial charge in [-0.15, -0.1) is 0 Å². The van der Waals surface area contributed by atoms with E-state index in [1.807, 2.05) is 13.2 Å². The number of rotatable bonds is 6. The Morgan fingerprint density at radius 1 is 0.864 bits per heavy atom. The molecule has 0 amide bonds. The van der Waals surface area contributed by atoms with Crippen LogP contribution in [0.2, 0.25) is 0 Å². The Balaban J connectivity index is 1.20. The average molecular weight is 662 g/mol. The van der Waals surface area contributed by atoms with Crippen LogP contribution >= 0.6 is 15.9 Å². The van der Waals surface area contributed by atoms with Crippen molar-refractivity contribution in [2.75, 3.05) is 37.3 Å². The third kappa shape index (κ3) is 4.43. The van der Waals surface area contributed by atoms with Crippen molar-refractivity contribution >= 4 is 38.9 Å². The number of hydrogen-bond acceptors (Lipinski definition) is 10. The molecule has 226 valence electrons. The molecule has 2 aliphatic rings. The predicted molar refractivity (Wildman–Crippen MR) is 166 cm³/mol. The van der Waals surface area contributed by atoms with Crippen LogP contribution in [0.3, 0.4) is 0 Å². The molecule has 2 saturated heterocycles. The summed E-state index contributed by atoms with van der Waals surface area (Å²) in [7, 11) is 1.85. The van der Waals surface area contributed by atoms with E-state index in [2.05, 4.69) is 52.4 Å². The highest BCUT2D eigenvalue weighted by molar-refractivity contribution is 9.10. The van der Waals surface area contributed by atoms with Gasteiger partial charge in [-0.05, 0) is 48.3 Å². The van der Waals surface area contributed by atoms with E-state index in [0.717, 1.165) is 71.3 Å². The van der Waals surface area contributed by atoms with Crippen LogP contribution in [0.1, 0.15) is 42.5 Å². The summed E-state index contributed by atoms with van der Waals surface area (Å²) < 4.78 is 21.9. The summed E-state index contributed by atoms with van der Waals surface area (Å²) in [6.07, 6.45) is 13.3. The summed E-state index contributed by atoms with van der Waals surface area (Å²) in [6.45, 7) is 3.34. The number of nitrogens with two attached hydrogens (primary N) is 1. The van der Waals surface area contributed by atoms with E-state index < -0.39 is 5.82 Å². The fourth-order valence-corrected chi connectivity index (χ4v) is 6.79. The number of fused-ring (bicyclic) bond motifs is 2. The second-order valence-electron chi connectivity index (χ2n) is 11.4. The van der Waals surface area contributed by atoms with E-state index in [1.54, 1.807) is 40.2 Å².